The van der Waals surface area contributed by atoms with Crippen molar-refractivity contribution in [1.82, 2.24) is 4.90 Å². The second-order valence-corrected chi connectivity index (χ2v) is 5.29. The van der Waals surface area contributed by atoms with Gasteiger partial charge in [-0.25, -0.2) is 0 Å². The largest absolute Gasteiger partial charge is 0.329 e. The molecular formula is C14H20ClN3O. The first-order valence-electron chi connectivity index (χ1n) is 6.69. The predicted octanol–water partition coefficient (Wildman–Crippen LogP) is 2.09. The third kappa shape index (κ3) is 3.93. The number of nitrogens with one attached hydrogen (secondary N) is 1. The maximum Gasteiger partial charge on any atom is 0.238 e. The van der Waals surface area contributed by atoms with Crippen LogP contribution in [0, 0.1) is 0 Å². The quantitative estimate of drug-likeness (QED) is 0.888. The highest BCUT2D eigenvalue weighted by Crippen LogP contribution is 2.21. The highest BCUT2D eigenvalue weighted by atomic mass is 35.5. The summed E-state index contributed by atoms with van der Waals surface area (Å²) in [5.41, 5.74) is 6.41. The highest BCUT2D eigenvalue weighted by molar-refractivity contribution is 6.33. The van der Waals surface area contributed by atoms with E-state index in [2.05, 4.69) is 10.2 Å². The maximum atomic E-state index is 12.0. The van der Waals surface area contributed by atoms with Gasteiger partial charge in [0.15, 0.2) is 0 Å². The van der Waals surface area contributed by atoms with E-state index in [0.717, 1.165) is 19.4 Å². The molecule has 4 nitrogen and oxygen atoms in total. The zero-order chi connectivity index (χ0) is 13.7. The summed E-state index contributed by atoms with van der Waals surface area (Å²) in [5, 5.41) is 3.41. The van der Waals surface area contributed by atoms with E-state index in [0.29, 0.717) is 29.8 Å². The molecule has 1 heterocycles. The van der Waals surface area contributed by atoms with Crippen LogP contribution in [0.15, 0.2) is 24.3 Å². The molecule has 0 aromatic heterocycles. The molecule has 1 saturated heterocycles. The van der Waals surface area contributed by atoms with Crippen molar-refractivity contribution in [1.29, 1.82) is 0 Å². The van der Waals surface area contributed by atoms with Gasteiger partial charge in [0, 0.05) is 12.6 Å². The van der Waals surface area contributed by atoms with Gasteiger partial charge in [-0.1, -0.05) is 30.2 Å². The number of benzene rings is 1. The van der Waals surface area contributed by atoms with Gasteiger partial charge in [-0.05, 0) is 31.5 Å². The van der Waals surface area contributed by atoms with Crippen molar-refractivity contribution < 1.29 is 4.79 Å². The van der Waals surface area contributed by atoms with Gasteiger partial charge in [0.25, 0.3) is 0 Å². The molecule has 2 rings (SSSR count). The van der Waals surface area contributed by atoms with Crippen LogP contribution in [0.4, 0.5) is 5.69 Å². The molecule has 0 saturated carbocycles. The number of rotatable bonds is 4. The number of piperidine rings is 1. The number of carbonyl (C=O) groups excluding carboxylic acids is 1. The summed E-state index contributed by atoms with van der Waals surface area (Å²) >= 11 is 6.02. The van der Waals surface area contributed by atoms with Crippen LogP contribution in [-0.2, 0) is 4.79 Å². The summed E-state index contributed by atoms with van der Waals surface area (Å²) in [7, 11) is 0. The molecule has 1 aliphatic heterocycles. The number of amides is 1. The first kappa shape index (κ1) is 14.3. The summed E-state index contributed by atoms with van der Waals surface area (Å²) in [6, 6.07) is 7.58. The third-order valence-electron chi connectivity index (χ3n) is 3.52. The predicted molar refractivity (Wildman–Crippen MR) is 78.3 cm³/mol. The summed E-state index contributed by atoms with van der Waals surface area (Å²) in [6.45, 7) is 1.93. The van der Waals surface area contributed by atoms with Gasteiger partial charge < -0.3 is 11.1 Å². The Morgan fingerprint density at radius 1 is 1.42 bits per heavy atom. The maximum absolute atomic E-state index is 12.0. The average Bonchev–Trinajstić information content (AvgIpc) is 2.42. The monoisotopic (exact) mass is 281 g/mol. The van der Waals surface area contributed by atoms with Crippen molar-refractivity contribution >= 4 is 23.2 Å². The average molecular weight is 282 g/mol. The fraction of sp³-hybridized carbons (Fsp3) is 0.500. The van der Waals surface area contributed by atoms with Crippen LogP contribution in [0.1, 0.15) is 19.3 Å². The fourth-order valence-corrected chi connectivity index (χ4v) is 2.65. The molecule has 0 aliphatic carbocycles. The Balaban J connectivity index is 1.92. The molecule has 1 aromatic rings. The topological polar surface area (TPSA) is 58.4 Å². The number of hydrogen-bond acceptors (Lipinski definition) is 3. The number of likely N-dealkylation sites (tertiary alicyclic amines) is 1. The molecule has 3 N–H and O–H groups in total. The molecule has 1 aromatic carbocycles. The number of para-hydroxylation sites is 1. The molecule has 0 spiro atoms. The summed E-state index contributed by atoms with van der Waals surface area (Å²) in [4.78, 5) is 14.2. The SMILES string of the molecule is NCC1CCCCN1CC(=O)Nc1ccccc1Cl. The van der Waals surface area contributed by atoms with Crippen LogP contribution in [-0.4, -0.2) is 36.5 Å². The molecule has 1 aliphatic rings. The van der Waals surface area contributed by atoms with Crippen LogP contribution < -0.4 is 11.1 Å². The number of carbonyl (C=O) groups is 1. The van der Waals surface area contributed by atoms with Crippen molar-refractivity contribution in [3.05, 3.63) is 29.3 Å². The van der Waals surface area contributed by atoms with Crippen molar-refractivity contribution in [2.75, 3.05) is 25.0 Å². The number of nitrogens with two attached hydrogens (primary N) is 1. The lowest BCUT2D eigenvalue weighted by Gasteiger charge is -2.34. The van der Waals surface area contributed by atoms with Crippen molar-refractivity contribution in [2.24, 2.45) is 5.73 Å². The smallest absolute Gasteiger partial charge is 0.238 e. The molecule has 1 fully saturated rings. The third-order valence-corrected chi connectivity index (χ3v) is 3.85. The van der Waals surface area contributed by atoms with Gasteiger partial charge in [-0.2, -0.15) is 0 Å². The van der Waals surface area contributed by atoms with Gasteiger partial charge >= 0.3 is 0 Å². The van der Waals surface area contributed by atoms with Gasteiger partial charge in [-0.3, -0.25) is 9.69 Å². The van der Waals surface area contributed by atoms with E-state index in [1.54, 1.807) is 12.1 Å². The van der Waals surface area contributed by atoms with Crippen LogP contribution in [0.2, 0.25) is 5.02 Å². The van der Waals surface area contributed by atoms with Crippen molar-refractivity contribution in [3.63, 3.8) is 0 Å². The van der Waals surface area contributed by atoms with Crippen molar-refractivity contribution in [3.8, 4) is 0 Å². The Morgan fingerprint density at radius 2 is 2.21 bits per heavy atom. The van der Waals surface area contributed by atoms with E-state index in [4.69, 9.17) is 17.3 Å². The molecule has 0 radical (unpaired) electrons. The second kappa shape index (κ2) is 6.89. The van der Waals surface area contributed by atoms with Gasteiger partial charge in [-0.15, -0.1) is 0 Å². The van der Waals surface area contributed by atoms with Crippen molar-refractivity contribution in [2.45, 2.75) is 25.3 Å². The zero-order valence-corrected chi connectivity index (χ0v) is 11.7. The lowest BCUT2D eigenvalue weighted by Crippen LogP contribution is -2.47. The fourth-order valence-electron chi connectivity index (χ4n) is 2.47. The standard InChI is InChI=1S/C14H20ClN3O/c15-12-6-1-2-7-13(12)17-14(19)10-18-8-4-3-5-11(18)9-16/h1-2,6-7,11H,3-5,8-10,16H2,(H,17,19). The minimum Gasteiger partial charge on any atom is -0.329 e. The lowest BCUT2D eigenvalue weighted by molar-refractivity contribution is -0.118. The number of halogens is 1. The Kier molecular flexibility index (Phi) is 5.19. The zero-order valence-electron chi connectivity index (χ0n) is 10.9. The molecule has 104 valence electrons. The van der Waals surface area contributed by atoms with Crippen LogP contribution in [0.3, 0.4) is 0 Å². The molecule has 1 amide bonds. The summed E-state index contributed by atoms with van der Waals surface area (Å²) in [5.74, 6) is -0.0338. The lowest BCUT2D eigenvalue weighted by atomic mass is 10.0. The highest BCUT2D eigenvalue weighted by Gasteiger charge is 2.23. The normalized spacial score (nSPS) is 20.2. The molecule has 1 atom stereocenters. The number of nitrogens with zero attached hydrogens (tertiary/aromatic N) is 1. The van der Waals surface area contributed by atoms with Crippen LogP contribution in [0.25, 0.3) is 0 Å². The van der Waals surface area contributed by atoms with Crippen LogP contribution in [0.5, 0.6) is 0 Å². The van der Waals surface area contributed by atoms with Gasteiger partial charge in [0.2, 0.25) is 5.91 Å². The minimum absolute atomic E-state index is 0.0338. The van der Waals surface area contributed by atoms with E-state index in [1.165, 1.54) is 6.42 Å². The minimum atomic E-state index is -0.0338. The first-order chi connectivity index (χ1) is 9.20. The Hall–Kier alpha value is -1.10. The summed E-state index contributed by atoms with van der Waals surface area (Å²) < 4.78 is 0. The molecule has 19 heavy (non-hydrogen) atoms. The Morgan fingerprint density at radius 3 is 2.95 bits per heavy atom. The van der Waals surface area contributed by atoms with Crippen LogP contribution >= 0.6 is 11.6 Å². The van der Waals surface area contributed by atoms with Gasteiger partial charge in [0.05, 0.1) is 17.3 Å². The van der Waals surface area contributed by atoms with E-state index < -0.39 is 0 Å². The second-order valence-electron chi connectivity index (χ2n) is 4.88. The summed E-state index contributed by atoms with van der Waals surface area (Å²) in [6.07, 6.45) is 3.41. The van der Waals surface area contributed by atoms with E-state index >= 15 is 0 Å². The number of hydrogen-bond donors (Lipinski definition) is 2. The Bertz CT molecular complexity index is 438. The molecule has 0 bridgehead atoms. The number of anilines is 1. The molecular weight excluding hydrogens is 262 g/mol. The Labute approximate surface area is 118 Å². The van der Waals surface area contributed by atoms with E-state index in [9.17, 15) is 4.79 Å². The van der Waals surface area contributed by atoms with E-state index in [-0.39, 0.29) is 5.91 Å². The molecule has 5 heteroatoms. The first-order valence-corrected chi connectivity index (χ1v) is 7.07. The molecule has 1 unspecified atom stereocenters. The van der Waals surface area contributed by atoms with Gasteiger partial charge in [0.1, 0.15) is 0 Å². The van der Waals surface area contributed by atoms with E-state index in [1.807, 2.05) is 12.1 Å².